The van der Waals surface area contributed by atoms with Gasteiger partial charge in [0.2, 0.25) is 0 Å². The zero-order chi connectivity index (χ0) is 15.4. The van der Waals surface area contributed by atoms with E-state index in [1.54, 1.807) is 18.3 Å². The fraction of sp³-hybridized carbons (Fsp3) is 0.176. The molecular weight excluding hydrogens is 264 g/mol. The molecule has 4 heteroatoms. The van der Waals surface area contributed by atoms with Crippen LogP contribution in [0.3, 0.4) is 0 Å². The number of carboxylic acids is 1. The van der Waals surface area contributed by atoms with Crippen LogP contribution in [0.4, 0.5) is 11.5 Å². The Morgan fingerprint density at radius 1 is 1.29 bits per heavy atom. The van der Waals surface area contributed by atoms with Crippen LogP contribution in [-0.2, 0) is 4.79 Å². The van der Waals surface area contributed by atoms with E-state index in [1.807, 2.05) is 24.1 Å². The van der Waals surface area contributed by atoms with Crippen molar-refractivity contribution >= 4 is 23.6 Å². The van der Waals surface area contributed by atoms with Crippen molar-refractivity contribution in [1.29, 1.82) is 0 Å². The number of rotatable bonds is 4. The van der Waals surface area contributed by atoms with Gasteiger partial charge in [-0.15, -0.1) is 0 Å². The SMILES string of the molecule is Cc1ccc(N(C)c2ncccc2/C=C/C(=O)O)c(C)c1. The number of benzene rings is 1. The Bertz CT molecular complexity index is 693. The summed E-state index contributed by atoms with van der Waals surface area (Å²) in [4.78, 5) is 17.0. The highest BCUT2D eigenvalue weighted by Crippen LogP contribution is 2.28. The van der Waals surface area contributed by atoms with E-state index >= 15 is 0 Å². The summed E-state index contributed by atoms with van der Waals surface area (Å²) in [5.41, 5.74) is 4.17. The fourth-order valence-corrected chi connectivity index (χ4v) is 2.28. The van der Waals surface area contributed by atoms with E-state index < -0.39 is 5.97 Å². The van der Waals surface area contributed by atoms with Gasteiger partial charge < -0.3 is 10.0 Å². The monoisotopic (exact) mass is 282 g/mol. The molecule has 1 aromatic carbocycles. The van der Waals surface area contributed by atoms with Gasteiger partial charge in [-0.1, -0.05) is 17.7 Å². The van der Waals surface area contributed by atoms with Crippen molar-refractivity contribution < 1.29 is 9.90 Å². The predicted molar refractivity (Wildman–Crippen MR) is 84.9 cm³/mol. The van der Waals surface area contributed by atoms with Gasteiger partial charge in [-0.05, 0) is 43.7 Å². The van der Waals surface area contributed by atoms with E-state index in [9.17, 15) is 4.79 Å². The van der Waals surface area contributed by atoms with Crippen LogP contribution in [0.1, 0.15) is 16.7 Å². The zero-order valence-electron chi connectivity index (χ0n) is 12.4. The molecule has 0 saturated carbocycles. The average Bonchev–Trinajstić information content (AvgIpc) is 2.45. The highest BCUT2D eigenvalue weighted by Gasteiger charge is 2.11. The molecule has 1 N–H and O–H groups in total. The van der Waals surface area contributed by atoms with E-state index in [0.29, 0.717) is 0 Å². The number of nitrogens with zero attached hydrogens (tertiary/aromatic N) is 2. The number of aromatic nitrogens is 1. The number of anilines is 2. The topological polar surface area (TPSA) is 53.4 Å². The van der Waals surface area contributed by atoms with Crippen molar-refractivity contribution in [2.45, 2.75) is 13.8 Å². The third-order valence-corrected chi connectivity index (χ3v) is 3.25. The van der Waals surface area contributed by atoms with E-state index in [4.69, 9.17) is 5.11 Å². The summed E-state index contributed by atoms with van der Waals surface area (Å²) in [7, 11) is 1.93. The lowest BCUT2D eigenvalue weighted by atomic mass is 10.1. The van der Waals surface area contributed by atoms with Crippen LogP contribution in [0.2, 0.25) is 0 Å². The molecule has 21 heavy (non-hydrogen) atoms. The van der Waals surface area contributed by atoms with Gasteiger partial charge >= 0.3 is 5.97 Å². The van der Waals surface area contributed by atoms with Crippen LogP contribution in [0.25, 0.3) is 6.08 Å². The molecule has 0 amide bonds. The first-order valence-electron chi connectivity index (χ1n) is 6.66. The third kappa shape index (κ3) is 3.48. The number of hydrogen-bond donors (Lipinski definition) is 1. The number of aliphatic carboxylic acids is 1. The second kappa shape index (κ2) is 6.22. The highest BCUT2D eigenvalue weighted by atomic mass is 16.4. The highest BCUT2D eigenvalue weighted by molar-refractivity contribution is 5.87. The predicted octanol–water partition coefficient (Wildman–Crippen LogP) is 3.56. The van der Waals surface area contributed by atoms with E-state index in [2.05, 4.69) is 31.0 Å². The Kier molecular flexibility index (Phi) is 4.38. The maximum Gasteiger partial charge on any atom is 0.328 e. The van der Waals surface area contributed by atoms with Gasteiger partial charge in [0.05, 0.1) is 0 Å². The molecule has 2 rings (SSSR count). The molecule has 1 heterocycles. The lowest BCUT2D eigenvalue weighted by Gasteiger charge is -2.22. The number of carboxylic acid groups (broad SMARTS) is 1. The largest absolute Gasteiger partial charge is 0.478 e. The minimum absolute atomic E-state index is 0.724. The smallest absolute Gasteiger partial charge is 0.328 e. The zero-order valence-corrected chi connectivity index (χ0v) is 12.4. The maximum atomic E-state index is 10.7. The van der Waals surface area contributed by atoms with Crippen LogP contribution in [0.15, 0.2) is 42.6 Å². The molecule has 2 aromatic rings. The lowest BCUT2D eigenvalue weighted by molar-refractivity contribution is -0.131. The van der Waals surface area contributed by atoms with Gasteiger partial charge in [-0.2, -0.15) is 0 Å². The lowest BCUT2D eigenvalue weighted by Crippen LogP contribution is -2.13. The second-order valence-corrected chi connectivity index (χ2v) is 4.94. The van der Waals surface area contributed by atoms with Gasteiger partial charge in [0.1, 0.15) is 5.82 Å². The molecule has 0 saturated heterocycles. The normalized spacial score (nSPS) is 10.8. The van der Waals surface area contributed by atoms with E-state index in [-0.39, 0.29) is 0 Å². The molecular formula is C17H18N2O2. The molecule has 0 aliphatic heterocycles. The van der Waals surface area contributed by atoms with Gasteiger partial charge in [0.25, 0.3) is 0 Å². The van der Waals surface area contributed by atoms with E-state index in [1.165, 1.54) is 5.56 Å². The second-order valence-electron chi connectivity index (χ2n) is 4.94. The van der Waals surface area contributed by atoms with Crippen molar-refractivity contribution in [2.24, 2.45) is 0 Å². The van der Waals surface area contributed by atoms with Crippen LogP contribution >= 0.6 is 0 Å². The number of pyridine rings is 1. The van der Waals surface area contributed by atoms with Gasteiger partial charge in [-0.3, -0.25) is 0 Å². The van der Waals surface area contributed by atoms with Crippen molar-refractivity contribution in [2.75, 3.05) is 11.9 Å². The Morgan fingerprint density at radius 3 is 2.71 bits per heavy atom. The maximum absolute atomic E-state index is 10.7. The molecule has 0 bridgehead atoms. The van der Waals surface area contributed by atoms with Gasteiger partial charge in [-0.25, -0.2) is 9.78 Å². The van der Waals surface area contributed by atoms with E-state index in [0.717, 1.165) is 28.7 Å². The van der Waals surface area contributed by atoms with Crippen molar-refractivity contribution in [3.8, 4) is 0 Å². The number of aryl methyl sites for hydroxylation is 2. The molecule has 1 aromatic heterocycles. The fourth-order valence-electron chi connectivity index (χ4n) is 2.28. The number of hydrogen-bond acceptors (Lipinski definition) is 3. The summed E-state index contributed by atoms with van der Waals surface area (Å²) in [5, 5.41) is 8.78. The Labute approximate surface area is 124 Å². The number of carbonyl (C=O) groups is 1. The van der Waals surface area contributed by atoms with Crippen molar-refractivity contribution in [1.82, 2.24) is 4.98 Å². The minimum atomic E-state index is -0.973. The van der Waals surface area contributed by atoms with Crippen LogP contribution in [0.5, 0.6) is 0 Å². The third-order valence-electron chi connectivity index (χ3n) is 3.25. The molecule has 4 nitrogen and oxygen atoms in total. The molecule has 108 valence electrons. The summed E-state index contributed by atoms with van der Waals surface area (Å²) < 4.78 is 0. The van der Waals surface area contributed by atoms with Gasteiger partial charge in [0, 0.05) is 30.6 Å². The molecule has 0 aliphatic carbocycles. The summed E-state index contributed by atoms with van der Waals surface area (Å²) in [6.07, 6.45) is 4.38. The first-order valence-corrected chi connectivity index (χ1v) is 6.66. The van der Waals surface area contributed by atoms with Crippen LogP contribution in [-0.4, -0.2) is 23.1 Å². The summed E-state index contributed by atoms with van der Waals surface area (Å²) in [6.45, 7) is 4.10. The Hall–Kier alpha value is -2.62. The molecule has 0 aliphatic rings. The molecule has 0 radical (unpaired) electrons. The van der Waals surface area contributed by atoms with Gasteiger partial charge in [0.15, 0.2) is 0 Å². The van der Waals surface area contributed by atoms with Crippen LogP contribution < -0.4 is 4.90 Å². The summed E-state index contributed by atoms with van der Waals surface area (Å²) in [6, 6.07) is 9.85. The molecule has 0 unspecified atom stereocenters. The quantitative estimate of drug-likeness (QED) is 0.871. The first kappa shape index (κ1) is 14.8. The molecule has 0 spiro atoms. The Morgan fingerprint density at radius 2 is 2.05 bits per heavy atom. The van der Waals surface area contributed by atoms with Crippen LogP contribution in [0, 0.1) is 13.8 Å². The summed E-state index contributed by atoms with van der Waals surface area (Å²) in [5.74, 6) is -0.249. The minimum Gasteiger partial charge on any atom is -0.478 e. The molecule has 0 atom stereocenters. The van der Waals surface area contributed by atoms with Crippen molar-refractivity contribution in [3.63, 3.8) is 0 Å². The average molecular weight is 282 g/mol. The molecule has 0 fully saturated rings. The standard InChI is InChI=1S/C17H18N2O2/c1-12-6-8-15(13(2)11-12)19(3)17-14(5-4-10-18-17)7-9-16(20)21/h4-11H,1-3H3,(H,20,21)/b9-7+. The first-order chi connectivity index (χ1) is 9.99. The van der Waals surface area contributed by atoms with Crippen molar-refractivity contribution in [3.05, 3.63) is 59.3 Å². The Balaban J connectivity index is 2.43. The summed E-state index contributed by atoms with van der Waals surface area (Å²) >= 11 is 0.